The summed E-state index contributed by atoms with van der Waals surface area (Å²) < 4.78 is 93.3. The molecule has 2 heterocycles. The molecule has 2 aliphatic heterocycles. The van der Waals surface area contributed by atoms with Gasteiger partial charge in [0.15, 0.2) is 11.6 Å². The predicted octanol–water partition coefficient (Wildman–Crippen LogP) is 3.03. The molecule has 110 valence electrons. The molecule has 0 saturated carbocycles. The van der Waals surface area contributed by atoms with E-state index in [1.54, 1.807) is 0 Å². The van der Waals surface area contributed by atoms with Crippen molar-refractivity contribution in [3.8, 4) is 5.75 Å². The molecule has 0 amide bonds. The second-order valence-electron chi connectivity index (χ2n) is 4.23. The van der Waals surface area contributed by atoms with Gasteiger partial charge in [0.25, 0.3) is 0 Å². The molecule has 3 rings (SSSR count). The Morgan fingerprint density at radius 2 is 1.65 bits per heavy atom. The van der Waals surface area contributed by atoms with Crippen LogP contribution in [0.2, 0.25) is 0 Å². The van der Waals surface area contributed by atoms with Gasteiger partial charge in [-0.2, -0.15) is 22.0 Å². The lowest BCUT2D eigenvalue weighted by Gasteiger charge is -2.27. The lowest BCUT2D eigenvalue weighted by atomic mass is 9.98. The van der Waals surface area contributed by atoms with Crippen molar-refractivity contribution in [3.63, 3.8) is 0 Å². The number of fused-ring (bicyclic) bond motifs is 2. The molecule has 0 aliphatic carbocycles. The molecule has 1 aromatic carbocycles. The van der Waals surface area contributed by atoms with Gasteiger partial charge in [-0.15, -0.1) is 0 Å². The Bertz CT molecular complexity index is 562. The molecule has 20 heavy (non-hydrogen) atoms. The smallest absolute Gasteiger partial charge is 0.425 e. The van der Waals surface area contributed by atoms with E-state index in [9.17, 15) is 26.3 Å². The summed E-state index contributed by atoms with van der Waals surface area (Å²) in [6.45, 7) is -0.710. The summed E-state index contributed by atoms with van der Waals surface area (Å²) in [7, 11) is 0. The zero-order valence-corrected chi connectivity index (χ0v) is 9.56. The van der Waals surface area contributed by atoms with Gasteiger partial charge in [0, 0.05) is 0 Å². The first-order valence-electron chi connectivity index (χ1n) is 5.44. The van der Waals surface area contributed by atoms with E-state index in [0.29, 0.717) is 12.1 Å². The van der Waals surface area contributed by atoms with Crippen LogP contribution in [0.15, 0.2) is 12.1 Å². The first kappa shape index (κ1) is 13.5. The fourth-order valence-electron chi connectivity index (χ4n) is 2.29. The average Bonchev–Trinajstić information content (AvgIpc) is 2.87. The quantitative estimate of drug-likeness (QED) is 0.689. The molecular weight excluding hydrogens is 294 g/mol. The molecule has 0 bridgehead atoms. The minimum Gasteiger partial charge on any atom is -0.425 e. The predicted molar refractivity (Wildman–Crippen MR) is 50.6 cm³/mol. The molecule has 9 heteroatoms. The zero-order chi connectivity index (χ0) is 14.8. The highest BCUT2D eigenvalue weighted by molar-refractivity contribution is 5.50. The topological polar surface area (TPSA) is 27.7 Å². The summed E-state index contributed by atoms with van der Waals surface area (Å²) in [5, 5.41) is 0. The second kappa shape index (κ2) is 3.79. The van der Waals surface area contributed by atoms with Crippen LogP contribution in [0, 0.1) is 5.82 Å². The number of alkyl halides is 5. The summed E-state index contributed by atoms with van der Waals surface area (Å²) in [5.74, 6) is -5.61. The maximum Gasteiger partial charge on any atom is 0.459 e. The lowest BCUT2D eigenvalue weighted by molar-refractivity contribution is -0.355. The lowest BCUT2D eigenvalue weighted by Crippen LogP contribution is -2.46. The highest BCUT2D eigenvalue weighted by Gasteiger charge is 2.71. The maximum atomic E-state index is 13.8. The third kappa shape index (κ3) is 1.56. The third-order valence-electron chi connectivity index (χ3n) is 3.05. The van der Waals surface area contributed by atoms with E-state index < -0.39 is 40.8 Å². The number of ether oxygens (including phenoxy) is 3. The molecule has 0 atom stereocenters. The van der Waals surface area contributed by atoms with Gasteiger partial charge in [0.1, 0.15) is 0 Å². The molecule has 1 fully saturated rings. The van der Waals surface area contributed by atoms with E-state index in [0.717, 1.165) is 0 Å². The minimum absolute atomic E-state index is 0.353. The standard InChI is InChI=1S/C11H6F6O3/c12-6-2-1-5(10(13,14)15)7-8(6)20-11(16,17)9(7)18-3-4-19-9/h1-2H,3-4H2. The molecule has 0 radical (unpaired) electrons. The molecule has 0 aromatic heterocycles. The second-order valence-corrected chi connectivity index (χ2v) is 4.23. The minimum atomic E-state index is -4.98. The third-order valence-corrected chi connectivity index (χ3v) is 3.05. The van der Waals surface area contributed by atoms with Crippen LogP contribution in [-0.2, 0) is 21.4 Å². The van der Waals surface area contributed by atoms with Crippen molar-refractivity contribution >= 4 is 0 Å². The van der Waals surface area contributed by atoms with Crippen LogP contribution < -0.4 is 4.74 Å². The summed E-state index contributed by atoms with van der Waals surface area (Å²) in [6, 6.07) is 0.761. The molecule has 3 nitrogen and oxygen atoms in total. The van der Waals surface area contributed by atoms with Crippen molar-refractivity contribution < 1.29 is 40.6 Å². The van der Waals surface area contributed by atoms with Crippen LogP contribution in [0.4, 0.5) is 26.3 Å². The number of hydrogen-bond acceptors (Lipinski definition) is 3. The van der Waals surface area contributed by atoms with E-state index in [2.05, 4.69) is 14.2 Å². The number of rotatable bonds is 0. The maximum absolute atomic E-state index is 13.8. The summed E-state index contributed by atoms with van der Waals surface area (Å²) in [5.41, 5.74) is -2.64. The Morgan fingerprint density at radius 1 is 1.05 bits per heavy atom. The van der Waals surface area contributed by atoms with Crippen LogP contribution in [0.5, 0.6) is 5.75 Å². The molecule has 1 saturated heterocycles. The van der Waals surface area contributed by atoms with Crippen LogP contribution in [0.1, 0.15) is 11.1 Å². The van der Waals surface area contributed by atoms with Gasteiger partial charge in [-0.3, -0.25) is 0 Å². The van der Waals surface area contributed by atoms with Crippen LogP contribution in [0.25, 0.3) is 0 Å². The first-order valence-corrected chi connectivity index (χ1v) is 5.44. The zero-order valence-electron chi connectivity index (χ0n) is 9.56. The fourth-order valence-corrected chi connectivity index (χ4v) is 2.29. The molecule has 1 aromatic rings. The van der Waals surface area contributed by atoms with E-state index in [4.69, 9.17) is 0 Å². The first-order chi connectivity index (χ1) is 9.19. The van der Waals surface area contributed by atoms with Crippen LogP contribution in [0.3, 0.4) is 0 Å². The molecule has 2 aliphatic rings. The van der Waals surface area contributed by atoms with Gasteiger partial charge < -0.3 is 14.2 Å². The molecular formula is C11H6F6O3. The Morgan fingerprint density at radius 3 is 2.20 bits per heavy atom. The molecule has 0 unspecified atom stereocenters. The van der Waals surface area contributed by atoms with Gasteiger partial charge in [-0.1, -0.05) is 0 Å². The van der Waals surface area contributed by atoms with Crippen molar-refractivity contribution in [1.82, 2.24) is 0 Å². The van der Waals surface area contributed by atoms with Crippen molar-refractivity contribution in [2.45, 2.75) is 18.1 Å². The Balaban J connectivity index is 2.31. The number of hydrogen-bond donors (Lipinski definition) is 0. The fraction of sp³-hybridized carbons (Fsp3) is 0.455. The number of halogens is 6. The monoisotopic (exact) mass is 300 g/mol. The summed E-state index contributed by atoms with van der Waals surface area (Å²) in [4.78, 5) is 0. The van der Waals surface area contributed by atoms with Crippen LogP contribution >= 0.6 is 0 Å². The van der Waals surface area contributed by atoms with Gasteiger partial charge in [0.2, 0.25) is 0 Å². The number of benzene rings is 1. The normalized spacial score (nSPS) is 22.9. The largest absolute Gasteiger partial charge is 0.459 e. The van der Waals surface area contributed by atoms with Gasteiger partial charge in [-0.05, 0) is 12.1 Å². The van der Waals surface area contributed by atoms with E-state index in [-0.39, 0.29) is 13.2 Å². The van der Waals surface area contributed by atoms with Crippen molar-refractivity contribution in [2.75, 3.05) is 13.2 Å². The summed E-state index contributed by atoms with van der Waals surface area (Å²) >= 11 is 0. The Kier molecular flexibility index (Phi) is 2.56. The Hall–Kier alpha value is -1.48. The van der Waals surface area contributed by atoms with Gasteiger partial charge >= 0.3 is 18.1 Å². The van der Waals surface area contributed by atoms with Gasteiger partial charge in [-0.25, -0.2) is 4.39 Å². The van der Waals surface area contributed by atoms with E-state index in [1.165, 1.54) is 0 Å². The summed E-state index contributed by atoms with van der Waals surface area (Å²) in [6.07, 6.45) is -9.24. The molecule has 1 spiro atoms. The average molecular weight is 300 g/mol. The van der Waals surface area contributed by atoms with Crippen molar-refractivity contribution in [3.05, 3.63) is 29.1 Å². The van der Waals surface area contributed by atoms with Gasteiger partial charge in [0.05, 0.1) is 24.3 Å². The SMILES string of the molecule is Fc1ccc(C(F)(F)F)c2c1OC(F)(F)C21OCCO1. The molecule has 0 N–H and O–H groups in total. The van der Waals surface area contributed by atoms with Crippen LogP contribution in [-0.4, -0.2) is 19.3 Å². The van der Waals surface area contributed by atoms with Crippen molar-refractivity contribution in [2.24, 2.45) is 0 Å². The van der Waals surface area contributed by atoms with E-state index in [1.807, 2.05) is 0 Å². The highest BCUT2D eigenvalue weighted by Crippen LogP contribution is 2.58. The highest BCUT2D eigenvalue weighted by atomic mass is 19.4. The van der Waals surface area contributed by atoms with E-state index >= 15 is 0 Å². The Labute approximate surface area is 108 Å². The van der Waals surface area contributed by atoms with Crippen molar-refractivity contribution in [1.29, 1.82) is 0 Å².